The lowest BCUT2D eigenvalue weighted by Gasteiger charge is -2.32. The maximum atomic E-state index is 11.8. The van der Waals surface area contributed by atoms with Gasteiger partial charge in [-0.25, -0.2) is 4.79 Å². The van der Waals surface area contributed by atoms with E-state index in [1.54, 1.807) is 17.7 Å². The summed E-state index contributed by atoms with van der Waals surface area (Å²) in [6.45, 7) is 5.60. The third kappa shape index (κ3) is 2.54. The number of piperazine rings is 1. The van der Waals surface area contributed by atoms with Gasteiger partial charge in [0.15, 0.2) is 0 Å². The molecule has 6 heteroatoms. The van der Waals surface area contributed by atoms with Crippen molar-refractivity contribution in [2.45, 2.75) is 19.5 Å². The molecule has 0 aliphatic carbocycles. The Labute approximate surface area is 106 Å². The highest BCUT2D eigenvalue weighted by Gasteiger charge is 2.17. The molecule has 0 unspecified atom stereocenters. The molecule has 0 bridgehead atoms. The van der Waals surface area contributed by atoms with E-state index in [1.165, 1.54) is 7.05 Å². The topological polar surface area (TPSA) is 59.3 Å². The van der Waals surface area contributed by atoms with Crippen LogP contribution >= 0.6 is 0 Å². The molecule has 2 rings (SSSR count). The first-order valence-electron chi connectivity index (χ1n) is 6.20. The average Bonchev–Trinajstić information content (AvgIpc) is 2.33. The zero-order valence-electron chi connectivity index (χ0n) is 11.1. The molecule has 1 atom stereocenters. The van der Waals surface area contributed by atoms with Crippen LogP contribution in [0.3, 0.4) is 0 Å². The maximum Gasteiger partial charge on any atom is 0.330 e. The normalized spacial score (nSPS) is 21.2. The van der Waals surface area contributed by atoms with Crippen LogP contribution in [0.5, 0.6) is 0 Å². The fraction of sp³-hybridized carbons (Fsp3) is 0.667. The number of nitrogens with zero attached hydrogens (tertiary/aromatic N) is 3. The molecule has 1 aliphatic heterocycles. The third-order valence-electron chi connectivity index (χ3n) is 3.46. The van der Waals surface area contributed by atoms with Crippen molar-refractivity contribution >= 4 is 0 Å². The summed E-state index contributed by atoms with van der Waals surface area (Å²) in [6.07, 6.45) is 0. The van der Waals surface area contributed by atoms with Crippen LogP contribution in [-0.2, 0) is 20.6 Å². The van der Waals surface area contributed by atoms with E-state index in [-0.39, 0.29) is 11.2 Å². The number of rotatable bonds is 2. The van der Waals surface area contributed by atoms with Crippen molar-refractivity contribution in [1.82, 2.24) is 19.4 Å². The van der Waals surface area contributed by atoms with Gasteiger partial charge in [0.25, 0.3) is 5.56 Å². The first-order chi connectivity index (χ1) is 8.49. The largest absolute Gasteiger partial charge is 0.330 e. The standard InChI is InChI=1S/C12H20N4O2/c1-9-7-16(5-4-13-9)8-10-6-11(17)15(3)12(18)14(10)2/h6,9,13H,4-5,7-8H2,1-3H3/t9-/m0/s1. The van der Waals surface area contributed by atoms with E-state index < -0.39 is 0 Å². The molecule has 1 fully saturated rings. The Morgan fingerprint density at radius 1 is 1.33 bits per heavy atom. The Kier molecular flexibility index (Phi) is 3.68. The summed E-state index contributed by atoms with van der Waals surface area (Å²) < 4.78 is 2.68. The second-order valence-electron chi connectivity index (χ2n) is 4.96. The third-order valence-corrected chi connectivity index (χ3v) is 3.46. The second-order valence-corrected chi connectivity index (χ2v) is 4.96. The Balaban J connectivity index is 2.24. The SMILES string of the molecule is C[C@H]1CN(Cc2cc(=O)n(C)c(=O)n2C)CCN1. The first kappa shape index (κ1) is 13.0. The van der Waals surface area contributed by atoms with Crippen LogP contribution < -0.4 is 16.6 Å². The summed E-state index contributed by atoms with van der Waals surface area (Å²) in [6, 6.07) is 2.00. The molecule has 1 aromatic rings. The molecule has 0 amide bonds. The number of hydrogen-bond donors (Lipinski definition) is 1. The predicted octanol–water partition coefficient (Wildman–Crippen LogP) is -1.12. The Morgan fingerprint density at radius 2 is 2.06 bits per heavy atom. The molecule has 0 saturated carbocycles. The van der Waals surface area contributed by atoms with Gasteiger partial charge >= 0.3 is 5.69 Å². The van der Waals surface area contributed by atoms with Gasteiger partial charge in [-0.15, -0.1) is 0 Å². The molecule has 6 nitrogen and oxygen atoms in total. The summed E-state index contributed by atoms with van der Waals surface area (Å²) in [7, 11) is 3.21. The van der Waals surface area contributed by atoms with Crippen molar-refractivity contribution in [3.8, 4) is 0 Å². The summed E-state index contributed by atoms with van der Waals surface area (Å²) in [5.74, 6) is 0. The van der Waals surface area contributed by atoms with Crippen molar-refractivity contribution in [1.29, 1.82) is 0 Å². The monoisotopic (exact) mass is 252 g/mol. The molecular weight excluding hydrogens is 232 g/mol. The van der Waals surface area contributed by atoms with Crippen LogP contribution in [0.15, 0.2) is 15.7 Å². The zero-order chi connectivity index (χ0) is 13.3. The van der Waals surface area contributed by atoms with Gasteiger partial charge in [0.1, 0.15) is 0 Å². The van der Waals surface area contributed by atoms with Gasteiger partial charge in [-0.05, 0) is 6.92 Å². The fourth-order valence-electron chi connectivity index (χ4n) is 2.31. The van der Waals surface area contributed by atoms with Crippen molar-refractivity contribution in [2.75, 3.05) is 19.6 Å². The van der Waals surface area contributed by atoms with Crippen LogP contribution in [0.25, 0.3) is 0 Å². The highest BCUT2D eigenvalue weighted by atomic mass is 16.2. The van der Waals surface area contributed by atoms with E-state index in [0.717, 1.165) is 29.9 Å². The van der Waals surface area contributed by atoms with Crippen molar-refractivity contribution in [3.05, 3.63) is 32.6 Å². The lowest BCUT2D eigenvalue weighted by Crippen LogP contribution is -2.49. The molecule has 0 aromatic carbocycles. The van der Waals surface area contributed by atoms with E-state index in [2.05, 4.69) is 17.1 Å². The van der Waals surface area contributed by atoms with E-state index in [1.807, 2.05) is 0 Å². The van der Waals surface area contributed by atoms with Crippen LogP contribution in [0.1, 0.15) is 12.6 Å². The van der Waals surface area contributed by atoms with E-state index in [4.69, 9.17) is 0 Å². The minimum Gasteiger partial charge on any atom is -0.312 e. The molecule has 1 saturated heterocycles. The van der Waals surface area contributed by atoms with Gasteiger partial charge in [0.05, 0.1) is 0 Å². The summed E-state index contributed by atoms with van der Waals surface area (Å²) in [4.78, 5) is 25.7. The number of hydrogen-bond acceptors (Lipinski definition) is 4. The van der Waals surface area contributed by atoms with Crippen molar-refractivity contribution < 1.29 is 0 Å². The summed E-state index contributed by atoms with van der Waals surface area (Å²) in [5, 5.41) is 3.37. The van der Waals surface area contributed by atoms with E-state index >= 15 is 0 Å². The highest BCUT2D eigenvalue weighted by molar-refractivity contribution is 5.02. The van der Waals surface area contributed by atoms with Gasteiger partial charge < -0.3 is 5.32 Å². The summed E-state index contributed by atoms with van der Waals surface area (Å²) >= 11 is 0. The average molecular weight is 252 g/mol. The van der Waals surface area contributed by atoms with Crippen molar-refractivity contribution in [3.63, 3.8) is 0 Å². The van der Waals surface area contributed by atoms with Crippen LogP contribution in [-0.4, -0.2) is 39.7 Å². The molecule has 1 aliphatic rings. The molecule has 0 spiro atoms. The fourth-order valence-corrected chi connectivity index (χ4v) is 2.31. The van der Waals surface area contributed by atoms with Crippen molar-refractivity contribution in [2.24, 2.45) is 14.1 Å². The van der Waals surface area contributed by atoms with Gasteiger partial charge in [-0.1, -0.05) is 0 Å². The van der Waals surface area contributed by atoms with Gasteiger partial charge in [-0.2, -0.15) is 0 Å². The lowest BCUT2D eigenvalue weighted by molar-refractivity contribution is 0.195. The molecule has 1 aromatic heterocycles. The van der Waals surface area contributed by atoms with E-state index in [9.17, 15) is 9.59 Å². The van der Waals surface area contributed by atoms with Crippen LogP contribution in [0.2, 0.25) is 0 Å². The minimum atomic E-state index is -0.263. The molecule has 1 N–H and O–H groups in total. The number of nitrogens with one attached hydrogen (secondary N) is 1. The second kappa shape index (κ2) is 5.07. The molecule has 0 radical (unpaired) electrons. The van der Waals surface area contributed by atoms with E-state index in [0.29, 0.717) is 12.6 Å². The minimum absolute atomic E-state index is 0.240. The van der Waals surface area contributed by atoms with Crippen LogP contribution in [0.4, 0.5) is 0 Å². The first-order valence-corrected chi connectivity index (χ1v) is 6.20. The Morgan fingerprint density at radius 3 is 2.72 bits per heavy atom. The Hall–Kier alpha value is -1.40. The van der Waals surface area contributed by atoms with Gasteiger partial charge in [0.2, 0.25) is 0 Å². The number of aromatic nitrogens is 2. The molecule has 18 heavy (non-hydrogen) atoms. The smallest absolute Gasteiger partial charge is 0.312 e. The van der Waals surface area contributed by atoms with Gasteiger partial charge in [-0.3, -0.25) is 18.8 Å². The van der Waals surface area contributed by atoms with Crippen LogP contribution in [0, 0.1) is 0 Å². The highest BCUT2D eigenvalue weighted by Crippen LogP contribution is 2.04. The molecular formula is C12H20N4O2. The van der Waals surface area contributed by atoms with Gasteiger partial charge in [0, 0.05) is 58.1 Å². The quantitative estimate of drug-likeness (QED) is 0.724. The summed E-state index contributed by atoms with van der Waals surface area (Å²) in [5.41, 5.74) is 0.272. The molecule has 100 valence electrons. The lowest BCUT2D eigenvalue weighted by atomic mass is 10.2. The Bertz CT molecular complexity index is 546. The molecule has 2 heterocycles. The maximum absolute atomic E-state index is 11.8. The zero-order valence-corrected chi connectivity index (χ0v) is 11.1. The predicted molar refractivity (Wildman–Crippen MR) is 69.7 cm³/mol.